The molecule has 29 heavy (non-hydrogen) atoms. The lowest BCUT2D eigenvalue weighted by Gasteiger charge is -2.37. The summed E-state index contributed by atoms with van der Waals surface area (Å²) in [4.78, 5) is 19.6. The minimum atomic E-state index is -0.852. The van der Waals surface area contributed by atoms with Crippen LogP contribution in [0.2, 0.25) is 15.1 Å². The second kappa shape index (κ2) is 8.54. The number of H-pyrrole nitrogens is 1. The maximum absolute atomic E-state index is 12.1. The van der Waals surface area contributed by atoms with E-state index in [-0.39, 0.29) is 0 Å². The van der Waals surface area contributed by atoms with Gasteiger partial charge in [0.05, 0.1) is 0 Å². The summed E-state index contributed by atoms with van der Waals surface area (Å²) in [6.45, 7) is 3.55. The van der Waals surface area contributed by atoms with Crippen molar-refractivity contribution in [2.24, 2.45) is 0 Å². The number of piperazine rings is 1. The Morgan fingerprint density at radius 3 is 2.41 bits per heavy atom. The molecule has 152 valence electrons. The van der Waals surface area contributed by atoms with Crippen molar-refractivity contribution in [1.82, 2.24) is 14.8 Å². The molecule has 1 aliphatic heterocycles. The number of hydrogen-bond acceptors (Lipinski definition) is 3. The number of carbonyl (C=O) groups is 1. The van der Waals surface area contributed by atoms with Gasteiger partial charge in [-0.25, -0.2) is 0 Å². The van der Waals surface area contributed by atoms with Gasteiger partial charge >= 0.3 is 5.97 Å². The number of carboxylic acid groups (broad SMARTS) is 1. The molecule has 0 spiro atoms. The monoisotopic (exact) mass is 451 g/mol. The van der Waals surface area contributed by atoms with E-state index in [1.54, 1.807) is 18.3 Å². The Morgan fingerprint density at radius 2 is 1.72 bits per heavy atom. The van der Waals surface area contributed by atoms with E-state index in [0.29, 0.717) is 34.7 Å². The van der Waals surface area contributed by atoms with E-state index in [1.807, 2.05) is 29.2 Å². The first-order valence-electron chi connectivity index (χ1n) is 9.32. The third-order valence-corrected chi connectivity index (χ3v) is 6.21. The molecule has 1 fully saturated rings. The molecule has 0 aliphatic carbocycles. The molecule has 2 heterocycles. The highest BCUT2D eigenvalue weighted by Crippen LogP contribution is 2.31. The molecule has 8 heteroatoms. The molecule has 1 aliphatic rings. The van der Waals surface area contributed by atoms with Crippen LogP contribution >= 0.6 is 34.8 Å². The summed E-state index contributed by atoms with van der Waals surface area (Å²) in [5.41, 5.74) is 2.63. The first kappa shape index (κ1) is 20.5. The average Bonchev–Trinajstić information content (AvgIpc) is 3.08. The van der Waals surface area contributed by atoms with Crippen LogP contribution in [-0.2, 0) is 11.3 Å². The molecule has 1 atom stereocenters. The molecule has 2 N–H and O–H groups in total. The van der Waals surface area contributed by atoms with Gasteiger partial charge in [-0.1, -0.05) is 46.9 Å². The number of hydrogen-bond donors (Lipinski definition) is 2. The van der Waals surface area contributed by atoms with Crippen LogP contribution in [0.3, 0.4) is 0 Å². The van der Waals surface area contributed by atoms with Crippen molar-refractivity contribution in [1.29, 1.82) is 0 Å². The number of aliphatic carboxylic acids is 1. The van der Waals surface area contributed by atoms with Gasteiger partial charge in [0.25, 0.3) is 0 Å². The number of aromatic amines is 1. The first-order valence-corrected chi connectivity index (χ1v) is 10.5. The number of benzene rings is 2. The molecule has 5 nitrogen and oxygen atoms in total. The number of nitrogens with zero attached hydrogens (tertiary/aromatic N) is 2. The van der Waals surface area contributed by atoms with Crippen molar-refractivity contribution in [2.75, 3.05) is 26.2 Å². The zero-order valence-corrected chi connectivity index (χ0v) is 17.8. The Balaban J connectivity index is 1.48. The Morgan fingerprint density at radius 1 is 1.03 bits per heavy atom. The van der Waals surface area contributed by atoms with Crippen LogP contribution in [0, 0.1) is 0 Å². The fraction of sp³-hybridized carbons (Fsp3) is 0.286. The first-order chi connectivity index (χ1) is 13.9. The number of halogens is 3. The fourth-order valence-electron chi connectivity index (χ4n) is 3.90. The summed E-state index contributed by atoms with van der Waals surface area (Å²) in [5.74, 6) is -0.852. The van der Waals surface area contributed by atoms with Crippen LogP contribution in [-0.4, -0.2) is 52.0 Å². The molecular formula is C21H20Cl3N3O2. The molecule has 1 saturated heterocycles. The van der Waals surface area contributed by atoms with Gasteiger partial charge in [-0.2, -0.15) is 0 Å². The van der Waals surface area contributed by atoms with Crippen molar-refractivity contribution in [3.8, 4) is 0 Å². The molecule has 1 aromatic heterocycles. The van der Waals surface area contributed by atoms with Crippen LogP contribution in [0.15, 0.2) is 42.6 Å². The highest BCUT2D eigenvalue weighted by Gasteiger charge is 2.32. The molecule has 0 radical (unpaired) electrons. The van der Waals surface area contributed by atoms with E-state index in [4.69, 9.17) is 34.8 Å². The Hall–Kier alpha value is -1.76. The van der Waals surface area contributed by atoms with E-state index in [2.05, 4.69) is 9.88 Å². The van der Waals surface area contributed by atoms with Crippen LogP contribution in [0.1, 0.15) is 17.2 Å². The smallest absolute Gasteiger partial charge is 0.325 e. The SMILES string of the molecule is O=C(O)[C@@H](c1c[nH]c2cc(Cl)ccc12)N1CCN(Cc2ccc(Cl)cc2Cl)CC1. The predicted octanol–water partition coefficient (Wildman–Crippen LogP) is 5.07. The zero-order chi connectivity index (χ0) is 20.5. The van der Waals surface area contributed by atoms with Gasteiger partial charge in [-0.15, -0.1) is 0 Å². The van der Waals surface area contributed by atoms with Crippen molar-refractivity contribution >= 4 is 51.7 Å². The lowest BCUT2D eigenvalue weighted by atomic mass is 10.0. The van der Waals surface area contributed by atoms with Gasteiger partial charge < -0.3 is 10.1 Å². The van der Waals surface area contributed by atoms with Crippen molar-refractivity contribution in [3.63, 3.8) is 0 Å². The number of carboxylic acids is 1. The van der Waals surface area contributed by atoms with Crippen LogP contribution < -0.4 is 0 Å². The number of rotatable bonds is 5. The van der Waals surface area contributed by atoms with Gasteiger partial charge in [0.2, 0.25) is 0 Å². The summed E-state index contributed by atoms with van der Waals surface area (Å²) in [5, 5.41) is 12.7. The van der Waals surface area contributed by atoms with Gasteiger partial charge in [-0.3, -0.25) is 14.6 Å². The van der Waals surface area contributed by atoms with E-state index in [1.165, 1.54) is 0 Å². The molecule has 0 unspecified atom stereocenters. The topological polar surface area (TPSA) is 59.6 Å². The number of aromatic nitrogens is 1. The van der Waals surface area contributed by atoms with E-state index in [9.17, 15) is 9.90 Å². The lowest BCUT2D eigenvalue weighted by molar-refractivity contribution is -0.144. The van der Waals surface area contributed by atoms with E-state index in [0.717, 1.165) is 35.1 Å². The van der Waals surface area contributed by atoms with Crippen LogP contribution in [0.25, 0.3) is 10.9 Å². The summed E-state index contributed by atoms with van der Waals surface area (Å²) in [7, 11) is 0. The Kier molecular flexibility index (Phi) is 6.04. The van der Waals surface area contributed by atoms with Gasteiger partial charge in [-0.05, 0) is 29.8 Å². The molecule has 0 bridgehead atoms. The molecule has 0 amide bonds. The van der Waals surface area contributed by atoms with Gasteiger partial charge in [0, 0.05) is 70.5 Å². The zero-order valence-electron chi connectivity index (χ0n) is 15.5. The van der Waals surface area contributed by atoms with E-state index < -0.39 is 12.0 Å². The quantitative estimate of drug-likeness (QED) is 0.567. The maximum atomic E-state index is 12.1. The van der Waals surface area contributed by atoms with Crippen molar-refractivity contribution in [2.45, 2.75) is 12.6 Å². The summed E-state index contributed by atoms with van der Waals surface area (Å²) in [6, 6.07) is 10.3. The van der Waals surface area contributed by atoms with Gasteiger partial charge in [0.15, 0.2) is 0 Å². The van der Waals surface area contributed by atoms with Crippen LogP contribution in [0.5, 0.6) is 0 Å². The van der Waals surface area contributed by atoms with Crippen molar-refractivity contribution < 1.29 is 9.90 Å². The molecule has 0 saturated carbocycles. The van der Waals surface area contributed by atoms with Gasteiger partial charge in [0.1, 0.15) is 6.04 Å². The predicted molar refractivity (Wildman–Crippen MR) is 117 cm³/mol. The minimum absolute atomic E-state index is 0.618. The molecular weight excluding hydrogens is 433 g/mol. The molecule has 2 aromatic carbocycles. The van der Waals surface area contributed by atoms with E-state index >= 15 is 0 Å². The average molecular weight is 453 g/mol. The van der Waals surface area contributed by atoms with Crippen molar-refractivity contribution in [3.05, 3.63) is 68.8 Å². The second-order valence-electron chi connectivity index (χ2n) is 7.22. The summed E-state index contributed by atoms with van der Waals surface area (Å²) >= 11 is 18.3. The van der Waals surface area contributed by atoms with Crippen LogP contribution in [0.4, 0.5) is 0 Å². The third-order valence-electron chi connectivity index (χ3n) is 5.39. The number of fused-ring (bicyclic) bond motifs is 1. The second-order valence-corrected chi connectivity index (χ2v) is 8.50. The third kappa shape index (κ3) is 4.39. The fourth-order valence-corrected chi connectivity index (χ4v) is 4.54. The lowest BCUT2D eigenvalue weighted by Crippen LogP contribution is -2.48. The molecule has 4 rings (SSSR count). The summed E-state index contributed by atoms with van der Waals surface area (Å²) in [6.07, 6.45) is 1.78. The minimum Gasteiger partial charge on any atom is -0.480 e. The standard InChI is InChI=1S/C21H20Cl3N3O2/c22-14-2-1-13(18(24)9-14)12-26-5-7-27(8-6-26)20(21(28)29)17-11-25-19-10-15(23)3-4-16(17)19/h1-4,9-11,20,25H,5-8,12H2,(H,28,29)/t20-/m1/s1. The number of nitrogens with one attached hydrogen (secondary N) is 1. The highest BCUT2D eigenvalue weighted by atomic mass is 35.5. The Labute approximate surface area is 183 Å². The molecule has 3 aromatic rings. The highest BCUT2D eigenvalue weighted by molar-refractivity contribution is 6.35. The summed E-state index contributed by atoms with van der Waals surface area (Å²) < 4.78 is 0. The maximum Gasteiger partial charge on any atom is 0.325 e. The largest absolute Gasteiger partial charge is 0.480 e. The Bertz CT molecular complexity index is 1040. The normalized spacial score (nSPS) is 16.9.